The summed E-state index contributed by atoms with van der Waals surface area (Å²) in [6.07, 6.45) is -1.35. The molecule has 1 saturated heterocycles. The van der Waals surface area contributed by atoms with E-state index in [1.807, 2.05) is 19.1 Å². The third-order valence-electron chi connectivity index (χ3n) is 3.44. The fourth-order valence-electron chi connectivity index (χ4n) is 2.29. The van der Waals surface area contributed by atoms with Crippen LogP contribution in [-0.2, 0) is 4.79 Å². The smallest absolute Gasteiger partial charge is 0.262 e. The van der Waals surface area contributed by atoms with Crippen LogP contribution in [0.5, 0.6) is 0 Å². The van der Waals surface area contributed by atoms with Crippen molar-refractivity contribution in [1.29, 1.82) is 0 Å². The second-order valence-corrected chi connectivity index (χ2v) is 5.11. The third kappa shape index (κ3) is 3.52. The second kappa shape index (κ2) is 5.85. The van der Waals surface area contributed by atoms with Crippen molar-refractivity contribution in [3.63, 3.8) is 0 Å². The minimum absolute atomic E-state index is 0.00738. The van der Waals surface area contributed by atoms with Gasteiger partial charge in [-0.3, -0.25) is 10.1 Å². The first-order chi connectivity index (χ1) is 9.39. The van der Waals surface area contributed by atoms with Crippen molar-refractivity contribution in [2.45, 2.75) is 31.4 Å². The van der Waals surface area contributed by atoms with E-state index in [2.05, 4.69) is 10.6 Å². The molecule has 0 spiro atoms. The number of hydrogen-bond donors (Lipinski definition) is 3. The van der Waals surface area contributed by atoms with Gasteiger partial charge in [-0.1, -0.05) is 24.3 Å². The van der Waals surface area contributed by atoms with E-state index in [4.69, 9.17) is 0 Å². The van der Waals surface area contributed by atoms with Crippen LogP contribution in [0.25, 0.3) is 0 Å². The largest absolute Gasteiger partial charge is 0.387 e. The Kier molecular flexibility index (Phi) is 4.35. The molecule has 3 N–H and O–H groups in total. The van der Waals surface area contributed by atoms with Crippen LogP contribution >= 0.6 is 0 Å². The van der Waals surface area contributed by atoms with Gasteiger partial charge >= 0.3 is 0 Å². The molecule has 1 heterocycles. The summed E-state index contributed by atoms with van der Waals surface area (Å²) in [5.41, 5.74) is 1.64. The molecule has 2 rings (SSSR count). The number of halogens is 2. The monoisotopic (exact) mass is 284 g/mol. The van der Waals surface area contributed by atoms with Crippen LogP contribution in [0.4, 0.5) is 8.78 Å². The molecule has 1 aliphatic rings. The molecular formula is C14H18F2N2O2. The van der Waals surface area contributed by atoms with E-state index >= 15 is 0 Å². The SMILES string of the molecule is Cc1ccccc1C(O)CNC(=O)C1CC(F)(F)CN1. The molecule has 0 saturated carbocycles. The molecular weight excluding hydrogens is 266 g/mol. The average Bonchev–Trinajstić information content (AvgIpc) is 2.76. The van der Waals surface area contributed by atoms with Gasteiger partial charge in [0.05, 0.1) is 18.7 Å². The molecule has 2 atom stereocenters. The molecule has 1 aromatic rings. The first kappa shape index (κ1) is 14.9. The van der Waals surface area contributed by atoms with Gasteiger partial charge in [-0.15, -0.1) is 0 Å². The lowest BCUT2D eigenvalue weighted by molar-refractivity contribution is -0.123. The van der Waals surface area contributed by atoms with Crippen molar-refractivity contribution >= 4 is 5.91 Å². The first-order valence-electron chi connectivity index (χ1n) is 6.51. The fourth-order valence-corrected chi connectivity index (χ4v) is 2.29. The number of aliphatic hydroxyl groups is 1. The molecule has 6 heteroatoms. The number of nitrogens with one attached hydrogen (secondary N) is 2. The number of hydrogen-bond acceptors (Lipinski definition) is 3. The molecule has 20 heavy (non-hydrogen) atoms. The molecule has 4 nitrogen and oxygen atoms in total. The number of benzene rings is 1. The fraction of sp³-hybridized carbons (Fsp3) is 0.500. The van der Waals surface area contributed by atoms with Gasteiger partial charge in [0.1, 0.15) is 0 Å². The Hall–Kier alpha value is -1.53. The number of rotatable bonds is 4. The van der Waals surface area contributed by atoms with Gasteiger partial charge in [0.15, 0.2) is 0 Å². The maximum absolute atomic E-state index is 13.0. The standard InChI is InChI=1S/C14H18F2N2O2/c1-9-4-2-3-5-10(9)12(19)7-17-13(20)11-6-14(15,16)8-18-11/h2-5,11-12,18-19H,6-8H2,1H3,(H,17,20). The van der Waals surface area contributed by atoms with Gasteiger partial charge in [0.25, 0.3) is 5.92 Å². The van der Waals surface area contributed by atoms with Crippen LogP contribution in [0.1, 0.15) is 23.7 Å². The zero-order valence-corrected chi connectivity index (χ0v) is 11.2. The number of alkyl halides is 2. The van der Waals surface area contributed by atoms with Crippen LogP contribution in [0.3, 0.4) is 0 Å². The summed E-state index contributed by atoms with van der Waals surface area (Å²) in [6.45, 7) is 1.39. The highest BCUT2D eigenvalue weighted by molar-refractivity contribution is 5.82. The maximum atomic E-state index is 13.0. The van der Waals surface area contributed by atoms with Crippen LogP contribution in [0.2, 0.25) is 0 Å². The van der Waals surface area contributed by atoms with E-state index in [9.17, 15) is 18.7 Å². The Morgan fingerprint density at radius 1 is 1.55 bits per heavy atom. The van der Waals surface area contributed by atoms with Crippen LogP contribution in [-0.4, -0.2) is 36.1 Å². The molecule has 1 amide bonds. The number of aliphatic hydroxyl groups excluding tert-OH is 1. The normalized spacial score (nSPS) is 22.5. The van der Waals surface area contributed by atoms with Gasteiger partial charge in [0.2, 0.25) is 5.91 Å². The highest BCUT2D eigenvalue weighted by Crippen LogP contribution is 2.25. The van der Waals surface area contributed by atoms with E-state index in [0.29, 0.717) is 0 Å². The lowest BCUT2D eigenvalue weighted by Gasteiger charge is -2.16. The molecule has 2 unspecified atom stereocenters. The Balaban J connectivity index is 1.86. The average molecular weight is 284 g/mol. The number of amides is 1. The van der Waals surface area contributed by atoms with Crippen LogP contribution in [0, 0.1) is 6.92 Å². The Morgan fingerprint density at radius 3 is 2.85 bits per heavy atom. The van der Waals surface area contributed by atoms with Gasteiger partial charge < -0.3 is 10.4 Å². The van der Waals surface area contributed by atoms with Gasteiger partial charge in [-0.2, -0.15) is 0 Å². The summed E-state index contributed by atoms with van der Waals surface area (Å²) in [6, 6.07) is 6.39. The van der Waals surface area contributed by atoms with E-state index in [-0.39, 0.29) is 6.54 Å². The van der Waals surface area contributed by atoms with Crippen LogP contribution in [0.15, 0.2) is 24.3 Å². The summed E-state index contributed by atoms with van der Waals surface area (Å²) < 4.78 is 26.0. The lowest BCUT2D eigenvalue weighted by atomic mass is 10.0. The minimum atomic E-state index is -2.84. The molecule has 0 aromatic heterocycles. The zero-order valence-electron chi connectivity index (χ0n) is 11.2. The molecule has 1 aliphatic heterocycles. The molecule has 0 aliphatic carbocycles. The van der Waals surface area contributed by atoms with E-state index in [1.165, 1.54) is 0 Å². The summed E-state index contributed by atoms with van der Waals surface area (Å²) in [5, 5.41) is 15.0. The second-order valence-electron chi connectivity index (χ2n) is 5.11. The summed E-state index contributed by atoms with van der Waals surface area (Å²) >= 11 is 0. The predicted octanol–water partition coefficient (Wildman–Crippen LogP) is 1.14. The van der Waals surface area contributed by atoms with Crippen molar-refractivity contribution in [3.05, 3.63) is 35.4 Å². The highest BCUT2D eigenvalue weighted by Gasteiger charge is 2.42. The Labute approximate surface area is 116 Å². The Bertz CT molecular complexity index is 494. The predicted molar refractivity (Wildman–Crippen MR) is 70.5 cm³/mol. The molecule has 1 aromatic carbocycles. The zero-order chi connectivity index (χ0) is 14.8. The summed E-state index contributed by atoms with van der Waals surface area (Å²) in [5.74, 6) is -3.34. The number of carbonyl (C=O) groups excluding carboxylic acids is 1. The first-order valence-corrected chi connectivity index (χ1v) is 6.51. The molecule has 1 fully saturated rings. The quantitative estimate of drug-likeness (QED) is 0.777. The number of carbonyl (C=O) groups is 1. The third-order valence-corrected chi connectivity index (χ3v) is 3.44. The molecule has 0 radical (unpaired) electrons. The topological polar surface area (TPSA) is 61.4 Å². The van der Waals surface area contributed by atoms with Crippen molar-refractivity contribution in [3.8, 4) is 0 Å². The van der Waals surface area contributed by atoms with Crippen molar-refractivity contribution < 1.29 is 18.7 Å². The number of aryl methyl sites for hydroxylation is 1. The van der Waals surface area contributed by atoms with Crippen LogP contribution < -0.4 is 10.6 Å². The minimum Gasteiger partial charge on any atom is -0.387 e. The summed E-state index contributed by atoms with van der Waals surface area (Å²) in [7, 11) is 0. The van der Waals surface area contributed by atoms with Gasteiger partial charge in [0, 0.05) is 13.0 Å². The van der Waals surface area contributed by atoms with E-state index < -0.39 is 36.9 Å². The van der Waals surface area contributed by atoms with Crippen molar-refractivity contribution in [2.24, 2.45) is 0 Å². The van der Waals surface area contributed by atoms with Crippen molar-refractivity contribution in [1.82, 2.24) is 10.6 Å². The summed E-state index contributed by atoms with van der Waals surface area (Å²) in [4.78, 5) is 11.7. The molecule has 0 bridgehead atoms. The highest BCUT2D eigenvalue weighted by atomic mass is 19.3. The van der Waals surface area contributed by atoms with E-state index in [1.54, 1.807) is 12.1 Å². The van der Waals surface area contributed by atoms with Crippen molar-refractivity contribution in [2.75, 3.05) is 13.1 Å². The van der Waals surface area contributed by atoms with E-state index in [0.717, 1.165) is 11.1 Å². The van der Waals surface area contributed by atoms with Gasteiger partial charge in [-0.05, 0) is 18.1 Å². The maximum Gasteiger partial charge on any atom is 0.262 e. The molecule has 110 valence electrons. The lowest BCUT2D eigenvalue weighted by Crippen LogP contribution is -2.41. The Morgan fingerprint density at radius 2 is 2.25 bits per heavy atom. The van der Waals surface area contributed by atoms with Gasteiger partial charge in [-0.25, -0.2) is 8.78 Å².